The highest BCUT2D eigenvalue weighted by Crippen LogP contribution is 2.47. The number of carbonyl (C=O) groups excluding carboxylic acids is 2. The Hall–Kier alpha value is -4.57. The van der Waals surface area contributed by atoms with Gasteiger partial charge in [-0.25, -0.2) is 4.79 Å². The van der Waals surface area contributed by atoms with Gasteiger partial charge in [0.05, 0.1) is 44.5 Å². The van der Waals surface area contributed by atoms with E-state index in [0.29, 0.717) is 48.5 Å². The van der Waals surface area contributed by atoms with Crippen molar-refractivity contribution in [1.29, 1.82) is 0 Å². The number of anilines is 1. The van der Waals surface area contributed by atoms with Gasteiger partial charge in [-0.1, -0.05) is 66.2 Å². The van der Waals surface area contributed by atoms with E-state index in [1.807, 2.05) is 117 Å². The fourth-order valence-electron chi connectivity index (χ4n) is 8.29. The molecule has 0 aliphatic carbocycles. The van der Waals surface area contributed by atoms with Crippen LogP contribution in [0.25, 0.3) is 0 Å². The molecule has 2 bridgehead atoms. The number of benzene rings is 4. The summed E-state index contributed by atoms with van der Waals surface area (Å²) in [6, 6.07) is 28.3. The zero-order valence-electron chi connectivity index (χ0n) is 30.0. The standard InChI is InChI=1S/C42H45ClN2O7/c1-26(2)52-37-20-35-29(18-36(37)49-4)19-38(46)45(40(35)28-10-14-33(43)15-11-28)34-16-12-32(13-17-34)42(3,48)39-30-21-44(22-31(39)25-50-24-30)41(47)51-23-27-8-6-5-7-9-27/h5-18,20,26,30-31,39-40,48H,19,21-25H2,1-4H3. The molecule has 4 atom stereocenters. The molecule has 0 radical (unpaired) electrons. The van der Waals surface area contributed by atoms with Gasteiger partial charge in [-0.2, -0.15) is 0 Å². The molecule has 2 fully saturated rings. The Morgan fingerprint density at radius 3 is 2.27 bits per heavy atom. The normalized spacial score (nSPS) is 22.4. The number of piperidine rings is 1. The summed E-state index contributed by atoms with van der Waals surface area (Å²) >= 11 is 6.30. The van der Waals surface area contributed by atoms with E-state index in [1.165, 1.54) is 0 Å². The molecular weight excluding hydrogens is 680 g/mol. The zero-order valence-corrected chi connectivity index (χ0v) is 30.7. The van der Waals surface area contributed by atoms with E-state index < -0.39 is 11.6 Å². The van der Waals surface area contributed by atoms with Crippen molar-refractivity contribution in [2.45, 2.75) is 51.5 Å². The van der Waals surface area contributed by atoms with Crippen LogP contribution < -0.4 is 14.4 Å². The molecule has 2 saturated heterocycles. The minimum atomic E-state index is -1.22. The molecule has 272 valence electrons. The highest BCUT2D eigenvalue weighted by atomic mass is 35.5. The van der Waals surface area contributed by atoms with Crippen LogP contribution in [0.15, 0.2) is 91.0 Å². The van der Waals surface area contributed by atoms with Crippen LogP contribution >= 0.6 is 11.6 Å². The molecule has 4 aromatic carbocycles. The van der Waals surface area contributed by atoms with E-state index in [9.17, 15) is 14.7 Å². The summed E-state index contributed by atoms with van der Waals surface area (Å²) < 4.78 is 23.4. The van der Waals surface area contributed by atoms with Crippen molar-refractivity contribution >= 4 is 29.3 Å². The first kappa shape index (κ1) is 35.8. The van der Waals surface area contributed by atoms with Gasteiger partial charge in [-0.3, -0.25) is 4.79 Å². The Labute approximate surface area is 310 Å². The molecule has 4 aromatic rings. The lowest BCUT2D eigenvalue weighted by Gasteiger charge is -2.51. The highest BCUT2D eigenvalue weighted by Gasteiger charge is 2.51. The fraction of sp³-hybridized carbons (Fsp3) is 0.381. The van der Waals surface area contributed by atoms with Crippen molar-refractivity contribution in [3.8, 4) is 11.5 Å². The number of hydrogen-bond acceptors (Lipinski definition) is 7. The van der Waals surface area contributed by atoms with Gasteiger partial charge < -0.3 is 33.9 Å². The van der Waals surface area contributed by atoms with E-state index in [4.69, 9.17) is 30.5 Å². The van der Waals surface area contributed by atoms with Crippen LogP contribution in [0.1, 0.15) is 54.6 Å². The number of nitrogens with zero attached hydrogens (tertiary/aromatic N) is 2. The number of fused-ring (bicyclic) bond motifs is 3. The van der Waals surface area contributed by atoms with Crippen LogP contribution in [0.3, 0.4) is 0 Å². The predicted octanol–water partition coefficient (Wildman–Crippen LogP) is 7.55. The number of hydrogen-bond donors (Lipinski definition) is 1. The molecule has 9 nitrogen and oxygen atoms in total. The van der Waals surface area contributed by atoms with Gasteiger partial charge in [0, 0.05) is 41.6 Å². The Bertz CT molecular complexity index is 1880. The number of halogens is 1. The molecule has 2 amide bonds. The lowest BCUT2D eigenvalue weighted by Crippen LogP contribution is -2.59. The van der Waals surface area contributed by atoms with Crippen LogP contribution in [0.5, 0.6) is 11.5 Å². The summed E-state index contributed by atoms with van der Waals surface area (Å²) in [5.74, 6) is 0.816. The second-order valence-corrected chi connectivity index (χ2v) is 14.9. The first-order valence-electron chi connectivity index (χ1n) is 17.8. The molecule has 0 aromatic heterocycles. The first-order chi connectivity index (χ1) is 25.0. The third kappa shape index (κ3) is 7.09. The smallest absolute Gasteiger partial charge is 0.410 e. The Balaban J connectivity index is 1.15. The number of rotatable bonds is 9. The Morgan fingerprint density at radius 2 is 1.63 bits per heavy atom. The largest absolute Gasteiger partial charge is 0.493 e. The summed E-state index contributed by atoms with van der Waals surface area (Å²) in [5, 5.41) is 12.9. The van der Waals surface area contributed by atoms with Crippen LogP contribution in [-0.2, 0) is 32.9 Å². The van der Waals surface area contributed by atoms with Gasteiger partial charge in [0.15, 0.2) is 11.5 Å². The number of amides is 2. The van der Waals surface area contributed by atoms with Crippen molar-refractivity contribution in [1.82, 2.24) is 4.90 Å². The maximum absolute atomic E-state index is 14.1. The number of carbonyl (C=O) groups is 2. The molecule has 0 spiro atoms. The lowest BCUT2D eigenvalue weighted by atomic mass is 9.66. The van der Waals surface area contributed by atoms with E-state index in [0.717, 1.165) is 27.8 Å². The number of ether oxygens (including phenoxy) is 4. The molecule has 3 heterocycles. The van der Waals surface area contributed by atoms with E-state index >= 15 is 0 Å². The molecule has 7 rings (SSSR count). The van der Waals surface area contributed by atoms with Gasteiger partial charge in [0.25, 0.3) is 0 Å². The van der Waals surface area contributed by atoms with Gasteiger partial charge in [0.1, 0.15) is 6.61 Å². The van der Waals surface area contributed by atoms with E-state index in [-0.39, 0.29) is 48.9 Å². The average molecular weight is 725 g/mol. The lowest BCUT2D eigenvalue weighted by molar-refractivity contribution is -0.156. The Morgan fingerprint density at radius 1 is 0.962 bits per heavy atom. The SMILES string of the molecule is COc1cc2c(cc1OC(C)C)C(c1ccc(Cl)cc1)N(c1ccc(C(C)(O)C3C4COCC3CN(C(=O)OCc3ccccc3)C4)cc1)C(=O)C2. The maximum atomic E-state index is 14.1. The predicted molar refractivity (Wildman–Crippen MR) is 199 cm³/mol. The number of methoxy groups -OCH3 is 1. The molecule has 3 aliphatic heterocycles. The van der Waals surface area contributed by atoms with Crippen LogP contribution in [0.2, 0.25) is 5.02 Å². The minimum absolute atomic E-state index is 0.0651. The van der Waals surface area contributed by atoms with Crippen molar-refractivity contribution in [2.75, 3.05) is 38.3 Å². The molecule has 4 unspecified atom stereocenters. The van der Waals surface area contributed by atoms with E-state index in [2.05, 4.69) is 0 Å². The summed E-state index contributed by atoms with van der Waals surface area (Å²) in [6.45, 7) is 7.73. The third-order valence-corrected chi connectivity index (χ3v) is 10.8. The monoisotopic (exact) mass is 724 g/mol. The summed E-state index contributed by atoms with van der Waals surface area (Å²) in [5.41, 5.74) is 3.87. The van der Waals surface area contributed by atoms with Crippen LogP contribution in [0, 0.1) is 17.8 Å². The van der Waals surface area contributed by atoms with Gasteiger partial charge in [-0.15, -0.1) is 0 Å². The summed E-state index contributed by atoms with van der Waals surface area (Å²) in [7, 11) is 1.60. The maximum Gasteiger partial charge on any atom is 0.410 e. The molecular formula is C42H45ClN2O7. The Kier molecular flexibility index (Phi) is 10.2. The number of likely N-dealkylation sites (tertiary alicyclic amines) is 1. The van der Waals surface area contributed by atoms with Gasteiger partial charge in [-0.05, 0) is 85.0 Å². The van der Waals surface area contributed by atoms with Crippen LogP contribution in [0.4, 0.5) is 10.5 Å². The second-order valence-electron chi connectivity index (χ2n) is 14.5. The quantitative estimate of drug-likeness (QED) is 0.190. The molecule has 52 heavy (non-hydrogen) atoms. The molecule has 3 aliphatic rings. The van der Waals surface area contributed by atoms with Crippen molar-refractivity contribution in [3.63, 3.8) is 0 Å². The van der Waals surface area contributed by atoms with Crippen molar-refractivity contribution in [2.24, 2.45) is 17.8 Å². The van der Waals surface area contributed by atoms with Crippen molar-refractivity contribution < 1.29 is 33.6 Å². The van der Waals surface area contributed by atoms with E-state index in [1.54, 1.807) is 12.0 Å². The summed E-state index contributed by atoms with van der Waals surface area (Å²) in [4.78, 5) is 30.7. The molecule has 0 saturated carbocycles. The molecule has 10 heteroatoms. The average Bonchev–Trinajstić information content (AvgIpc) is 3.13. The van der Waals surface area contributed by atoms with Gasteiger partial charge >= 0.3 is 6.09 Å². The number of aliphatic hydroxyl groups is 1. The third-order valence-electron chi connectivity index (χ3n) is 10.6. The summed E-state index contributed by atoms with van der Waals surface area (Å²) in [6.07, 6.45) is -0.241. The topological polar surface area (TPSA) is 97.8 Å². The fourth-order valence-corrected chi connectivity index (χ4v) is 8.42. The first-order valence-corrected chi connectivity index (χ1v) is 18.2. The molecule has 1 N–H and O–H groups in total. The van der Waals surface area contributed by atoms with Crippen molar-refractivity contribution in [3.05, 3.63) is 124 Å². The zero-order chi connectivity index (χ0) is 36.6. The van der Waals surface area contributed by atoms with Crippen LogP contribution in [-0.4, -0.2) is 61.5 Å². The minimum Gasteiger partial charge on any atom is -0.493 e. The highest BCUT2D eigenvalue weighted by molar-refractivity contribution is 6.30. The van der Waals surface area contributed by atoms with Gasteiger partial charge in [0.2, 0.25) is 5.91 Å². The second kappa shape index (κ2) is 14.8.